The molecular formula is C18H24N4O. The van der Waals surface area contributed by atoms with E-state index in [2.05, 4.69) is 27.4 Å². The van der Waals surface area contributed by atoms with Gasteiger partial charge >= 0.3 is 0 Å². The molecule has 0 bridgehead atoms. The van der Waals surface area contributed by atoms with Crippen molar-refractivity contribution < 1.29 is 4.79 Å². The number of hydrogen-bond donors (Lipinski definition) is 1. The van der Waals surface area contributed by atoms with Crippen LogP contribution in [0.25, 0.3) is 0 Å². The number of aryl methyl sites for hydroxylation is 1. The molecule has 1 N–H and O–H groups in total. The van der Waals surface area contributed by atoms with Gasteiger partial charge in [0.05, 0.1) is 12.2 Å². The molecule has 1 saturated carbocycles. The van der Waals surface area contributed by atoms with Crippen molar-refractivity contribution in [3.63, 3.8) is 0 Å². The Morgan fingerprint density at radius 3 is 2.74 bits per heavy atom. The molecule has 1 aliphatic rings. The Kier molecular flexibility index (Phi) is 4.48. The van der Waals surface area contributed by atoms with Gasteiger partial charge in [0, 0.05) is 31.3 Å². The van der Waals surface area contributed by atoms with Crippen molar-refractivity contribution in [1.82, 2.24) is 20.0 Å². The van der Waals surface area contributed by atoms with Gasteiger partial charge in [-0.2, -0.15) is 5.10 Å². The lowest BCUT2D eigenvalue weighted by atomic mass is 10.1. The van der Waals surface area contributed by atoms with Crippen molar-refractivity contribution in [2.24, 2.45) is 13.0 Å². The number of hydrogen-bond acceptors (Lipinski definition) is 3. The number of likely N-dealkylation sites (N-methyl/N-ethyl adjacent to an activating group) is 1. The molecule has 5 nitrogen and oxygen atoms in total. The number of aromatic nitrogens is 2. The molecule has 3 rings (SSSR count). The van der Waals surface area contributed by atoms with Crippen LogP contribution in [0, 0.1) is 5.92 Å². The average molecular weight is 312 g/mol. The van der Waals surface area contributed by atoms with Crippen molar-refractivity contribution in [2.45, 2.75) is 18.4 Å². The molecule has 5 heteroatoms. The second-order valence-corrected chi connectivity index (χ2v) is 6.53. The summed E-state index contributed by atoms with van der Waals surface area (Å²) >= 11 is 0. The zero-order chi connectivity index (χ0) is 16.4. The third-order valence-corrected chi connectivity index (χ3v) is 4.56. The largest absolute Gasteiger partial charge is 0.354 e. The first-order chi connectivity index (χ1) is 11.1. The Morgan fingerprint density at radius 1 is 1.39 bits per heavy atom. The van der Waals surface area contributed by atoms with Crippen LogP contribution in [0.3, 0.4) is 0 Å². The maximum Gasteiger partial charge on any atom is 0.223 e. The average Bonchev–Trinajstić information content (AvgIpc) is 3.24. The number of nitrogens with zero attached hydrogens (tertiary/aromatic N) is 3. The Bertz CT molecular complexity index is 665. The van der Waals surface area contributed by atoms with Gasteiger partial charge in [-0.1, -0.05) is 30.3 Å². The maximum absolute atomic E-state index is 12.4. The second-order valence-electron chi connectivity index (χ2n) is 6.53. The van der Waals surface area contributed by atoms with Crippen LogP contribution >= 0.6 is 0 Å². The van der Waals surface area contributed by atoms with E-state index in [4.69, 9.17) is 0 Å². The summed E-state index contributed by atoms with van der Waals surface area (Å²) in [4.78, 5) is 14.5. The third kappa shape index (κ3) is 3.62. The van der Waals surface area contributed by atoms with E-state index in [1.54, 1.807) is 4.68 Å². The molecule has 23 heavy (non-hydrogen) atoms. The minimum atomic E-state index is 0.120. The van der Waals surface area contributed by atoms with E-state index >= 15 is 0 Å². The fourth-order valence-corrected chi connectivity index (χ4v) is 3.09. The normalized spacial score (nSPS) is 21.2. The van der Waals surface area contributed by atoms with Gasteiger partial charge in [0.15, 0.2) is 0 Å². The molecule has 1 aromatic carbocycles. The number of nitrogens with one attached hydrogen (secondary N) is 1. The van der Waals surface area contributed by atoms with Crippen LogP contribution in [0.5, 0.6) is 0 Å². The zero-order valence-electron chi connectivity index (χ0n) is 13.9. The van der Waals surface area contributed by atoms with Crippen molar-refractivity contribution in [3.05, 3.63) is 53.9 Å². The van der Waals surface area contributed by atoms with Crippen molar-refractivity contribution in [1.29, 1.82) is 0 Å². The summed E-state index contributed by atoms with van der Waals surface area (Å²) in [5.74, 6) is 0.663. The molecule has 1 aliphatic carbocycles. The first-order valence-electron chi connectivity index (χ1n) is 8.04. The molecule has 1 fully saturated rings. The van der Waals surface area contributed by atoms with Crippen LogP contribution in [-0.2, 0) is 11.8 Å². The van der Waals surface area contributed by atoms with E-state index in [0.717, 1.165) is 12.0 Å². The molecule has 2 aromatic rings. The highest BCUT2D eigenvalue weighted by Gasteiger charge is 2.43. The molecule has 0 saturated heterocycles. The van der Waals surface area contributed by atoms with Crippen LogP contribution in [0.15, 0.2) is 42.7 Å². The molecule has 3 atom stereocenters. The van der Waals surface area contributed by atoms with Gasteiger partial charge in [0.2, 0.25) is 5.91 Å². The van der Waals surface area contributed by atoms with E-state index < -0.39 is 0 Å². The summed E-state index contributed by atoms with van der Waals surface area (Å²) in [5, 5.41) is 7.34. The van der Waals surface area contributed by atoms with Crippen LogP contribution in [0.2, 0.25) is 0 Å². The van der Waals surface area contributed by atoms with Gasteiger partial charge in [-0.05, 0) is 32.0 Å². The fourth-order valence-electron chi connectivity index (χ4n) is 3.09. The molecule has 1 aromatic heterocycles. The zero-order valence-corrected chi connectivity index (χ0v) is 13.9. The van der Waals surface area contributed by atoms with E-state index in [0.29, 0.717) is 12.5 Å². The molecular weight excluding hydrogens is 288 g/mol. The van der Waals surface area contributed by atoms with Gasteiger partial charge in [-0.15, -0.1) is 0 Å². The van der Waals surface area contributed by atoms with Gasteiger partial charge in [0.25, 0.3) is 0 Å². The fraction of sp³-hybridized carbons (Fsp3) is 0.444. The third-order valence-electron chi connectivity index (χ3n) is 4.56. The Hall–Kier alpha value is -2.14. The number of benzene rings is 1. The number of rotatable bonds is 6. The van der Waals surface area contributed by atoms with E-state index in [-0.39, 0.29) is 17.9 Å². The van der Waals surface area contributed by atoms with Gasteiger partial charge in [-0.3, -0.25) is 9.48 Å². The summed E-state index contributed by atoms with van der Waals surface area (Å²) in [6, 6.07) is 10.4. The molecule has 0 spiro atoms. The monoisotopic (exact) mass is 312 g/mol. The molecule has 1 amide bonds. The van der Waals surface area contributed by atoms with Gasteiger partial charge in [0.1, 0.15) is 0 Å². The number of carbonyl (C=O) groups is 1. The number of carbonyl (C=O) groups excluding carboxylic acids is 1. The minimum absolute atomic E-state index is 0.120. The van der Waals surface area contributed by atoms with Gasteiger partial charge in [-0.25, -0.2) is 0 Å². The van der Waals surface area contributed by atoms with Gasteiger partial charge < -0.3 is 10.2 Å². The molecule has 1 heterocycles. The van der Waals surface area contributed by atoms with Crippen molar-refractivity contribution in [3.8, 4) is 0 Å². The number of amides is 1. The topological polar surface area (TPSA) is 50.2 Å². The molecule has 122 valence electrons. The standard InChI is InChI=1S/C18H24N4O/c1-21(2)17(14-10-20-22(3)12-14)11-19-18(23)16-9-15(16)13-7-5-4-6-8-13/h4-8,10,12,15-17H,9,11H2,1-3H3,(H,19,23)/t15-,16+,17+/m0/s1. The van der Waals surface area contributed by atoms with Crippen LogP contribution in [0.4, 0.5) is 0 Å². The molecule has 0 unspecified atom stereocenters. The lowest BCUT2D eigenvalue weighted by Crippen LogP contribution is -2.35. The Morgan fingerprint density at radius 2 is 2.13 bits per heavy atom. The van der Waals surface area contributed by atoms with Crippen molar-refractivity contribution in [2.75, 3.05) is 20.6 Å². The smallest absolute Gasteiger partial charge is 0.223 e. The lowest BCUT2D eigenvalue weighted by molar-refractivity contribution is -0.122. The summed E-state index contributed by atoms with van der Waals surface area (Å²) in [7, 11) is 5.95. The van der Waals surface area contributed by atoms with E-state index in [1.807, 2.05) is 51.7 Å². The predicted octanol–water partition coefficient (Wildman–Crippen LogP) is 1.94. The summed E-state index contributed by atoms with van der Waals surface area (Å²) < 4.78 is 1.79. The van der Waals surface area contributed by atoms with Crippen LogP contribution in [0.1, 0.15) is 29.5 Å². The SMILES string of the molecule is CN(C)[C@H](CNC(=O)[C@@H]1C[C@H]1c1ccccc1)c1cnn(C)c1. The first kappa shape index (κ1) is 15.7. The summed E-state index contributed by atoms with van der Waals surface area (Å²) in [5.41, 5.74) is 2.39. The van der Waals surface area contributed by atoms with Crippen LogP contribution < -0.4 is 5.32 Å². The molecule has 0 radical (unpaired) electrons. The predicted molar refractivity (Wildman–Crippen MR) is 89.9 cm³/mol. The summed E-state index contributed by atoms with van der Waals surface area (Å²) in [6.45, 7) is 0.607. The highest BCUT2D eigenvalue weighted by Crippen LogP contribution is 2.47. The maximum atomic E-state index is 12.4. The highest BCUT2D eigenvalue weighted by atomic mass is 16.2. The quantitative estimate of drug-likeness (QED) is 0.887. The Labute approximate surface area is 137 Å². The van der Waals surface area contributed by atoms with E-state index in [9.17, 15) is 4.79 Å². The first-order valence-corrected chi connectivity index (χ1v) is 8.04. The Balaban J connectivity index is 1.56. The molecule has 0 aliphatic heterocycles. The van der Waals surface area contributed by atoms with Crippen LogP contribution in [-0.4, -0.2) is 41.2 Å². The lowest BCUT2D eigenvalue weighted by Gasteiger charge is -2.23. The van der Waals surface area contributed by atoms with Crippen molar-refractivity contribution >= 4 is 5.91 Å². The highest BCUT2D eigenvalue weighted by molar-refractivity contribution is 5.82. The summed E-state index contributed by atoms with van der Waals surface area (Å²) in [6.07, 6.45) is 4.82. The van der Waals surface area contributed by atoms with E-state index in [1.165, 1.54) is 5.56 Å². The second kappa shape index (κ2) is 6.54. The minimum Gasteiger partial charge on any atom is -0.354 e.